The summed E-state index contributed by atoms with van der Waals surface area (Å²) in [5.74, 6) is 1.81. The SMILES string of the molecule is Cc1ccc(Oc2ccccc2NC(=O)Cc2cc(C)on2)cc1. The number of aromatic nitrogens is 1. The molecule has 0 atom stereocenters. The van der Waals surface area contributed by atoms with Crippen LogP contribution in [0.4, 0.5) is 5.69 Å². The van der Waals surface area contributed by atoms with E-state index in [2.05, 4.69) is 10.5 Å². The number of nitrogens with zero attached hydrogens (tertiary/aromatic N) is 1. The fraction of sp³-hybridized carbons (Fsp3) is 0.158. The molecule has 5 heteroatoms. The van der Waals surface area contributed by atoms with E-state index in [1.54, 1.807) is 19.1 Å². The number of nitrogens with one attached hydrogen (secondary N) is 1. The summed E-state index contributed by atoms with van der Waals surface area (Å²) in [4.78, 5) is 12.2. The molecule has 0 bridgehead atoms. The van der Waals surface area contributed by atoms with E-state index in [9.17, 15) is 4.79 Å². The van der Waals surface area contributed by atoms with Crippen molar-refractivity contribution in [3.63, 3.8) is 0 Å². The van der Waals surface area contributed by atoms with Gasteiger partial charge in [-0.15, -0.1) is 0 Å². The number of hydrogen-bond donors (Lipinski definition) is 1. The van der Waals surface area contributed by atoms with Crippen LogP contribution in [0.15, 0.2) is 59.1 Å². The van der Waals surface area contributed by atoms with Gasteiger partial charge in [0.15, 0.2) is 5.75 Å². The molecular weight excluding hydrogens is 304 g/mol. The van der Waals surface area contributed by atoms with Crippen LogP contribution in [0.25, 0.3) is 0 Å². The molecule has 0 aliphatic carbocycles. The van der Waals surface area contributed by atoms with Gasteiger partial charge in [0.25, 0.3) is 0 Å². The Morgan fingerprint density at radius 1 is 1.12 bits per heavy atom. The lowest BCUT2D eigenvalue weighted by molar-refractivity contribution is -0.115. The van der Waals surface area contributed by atoms with Gasteiger partial charge < -0.3 is 14.6 Å². The molecular formula is C19H18N2O3. The smallest absolute Gasteiger partial charge is 0.230 e. The van der Waals surface area contributed by atoms with E-state index in [4.69, 9.17) is 9.26 Å². The van der Waals surface area contributed by atoms with Crippen LogP contribution >= 0.6 is 0 Å². The Bertz CT molecular complexity index is 838. The first-order valence-corrected chi connectivity index (χ1v) is 7.66. The van der Waals surface area contributed by atoms with Crippen LogP contribution in [-0.4, -0.2) is 11.1 Å². The summed E-state index contributed by atoms with van der Waals surface area (Å²) >= 11 is 0. The lowest BCUT2D eigenvalue weighted by Gasteiger charge is -2.12. The summed E-state index contributed by atoms with van der Waals surface area (Å²) in [6.07, 6.45) is 0.149. The standard InChI is InChI=1S/C19H18N2O3/c1-13-7-9-16(10-8-13)23-18-6-4-3-5-17(18)20-19(22)12-15-11-14(2)24-21-15/h3-11H,12H2,1-2H3,(H,20,22). The van der Waals surface area contributed by atoms with Gasteiger partial charge in [0.1, 0.15) is 11.5 Å². The highest BCUT2D eigenvalue weighted by molar-refractivity contribution is 5.93. The molecule has 0 spiro atoms. The van der Waals surface area contributed by atoms with Gasteiger partial charge in [-0.25, -0.2) is 0 Å². The molecule has 3 aromatic rings. The second-order valence-corrected chi connectivity index (χ2v) is 5.57. The molecule has 0 aliphatic heterocycles. The second-order valence-electron chi connectivity index (χ2n) is 5.57. The Kier molecular flexibility index (Phi) is 4.61. The highest BCUT2D eigenvalue weighted by atomic mass is 16.5. The third kappa shape index (κ3) is 4.01. The van der Waals surface area contributed by atoms with Gasteiger partial charge in [-0.2, -0.15) is 0 Å². The average molecular weight is 322 g/mol. The molecule has 122 valence electrons. The fourth-order valence-corrected chi connectivity index (χ4v) is 2.25. The number of aryl methyl sites for hydroxylation is 2. The van der Waals surface area contributed by atoms with E-state index in [1.807, 2.05) is 49.4 Å². The van der Waals surface area contributed by atoms with Crippen LogP contribution in [0.3, 0.4) is 0 Å². The predicted octanol–water partition coefficient (Wildman–Crippen LogP) is 4.26. The van der Waals surface area contributed by atoms with Crippen molar-refractivity contribution >= 4 is 11.6 Å². The van der Waals surface area contributed by atoms with Crippen molar-refractivity contribution in [3.05, 3.63) is 71.6 Å². The molecule has 0 radical (unpaired) electrons. The molecule has 1 aromatic heterocycles. The van der Waals surface area contributed by atoms with Crippen LogP contribution in [0.1, 0.15) is 17.0 Å². The van der Waals surface area contributed by atoms with Crippen LogP contribution in [0.2, 0.25) is 0 Å². The minimum atomic E-state index is -0.178. The van der Waals surface area contributed by atoms with Gasteiger partial charge in [0.2, 0.25) is 5.91 Å². The first-order chi connectivity index (χ1) is 11.6. The number of para-hydroxylation sites is 2. The first kappa shape index (κ1) is 15.8. The zero-order valence-electron chi connectivity index (χ0n) is 13.6. The third-order valence-corrected chi connectivity index (χ3v) is 3.43. The van der Waals surface area contributed by atoms with Crippen molar-refractivity contribution in [2.75, 3.05) is 5.32 Å². The van der Waals surface area contributed by atoms with Crippen LogP contribution in [-0.2, 0) is 11.2 Å². The fourth-order valence-electron chi connectivity index (χ4n) is 2.25. The minimum absolute atomic E-state index is 0.149. The molecule has 0 saturated carbocycles. The second kappa shape index (κ2) is 7.00. The van der Waals surface area contributed by atoms with E-state index in [1.165, 1.54) is 0 Å². The van der Waals surface area contributed by atoms with Gasteiger partial charge in [0.05, 0.1) is 17.8 Å². The maximum atomic E-state index is 12.2. The number of benzene rings is 2. The van der Waals surface area contributed by atoms with E-state index in [-0.39, 0.29) is 12.3 Å². The molecule has 2 aromatic carbocycles. The van der Waals surface area contributed by atoms with Crippen molar-refractivity contribution in [2.45, 2.75) is 20.3 Å². The van der Waals surface area contributed by atoms with Crippen LogP contribution in [0.5, 0.6) is 11.5 Å². The zero-order valence-corrected chi connectivity index (χ0v) is 13.6. The van der Waals surface area contributed by atoms with Crippen LogP contribution < -0.4 is 10.1 Å². The Morgan fingerprint density at radius 3 is 2.58 bits per heavy atom. The van der Waals surface area contributed by atoms with Gasteiger partial charge in [0, 0.05) is 6.07 Å². The minimum Gasteiger partial charge on any atom is -0.455 e. The topological polar surface area (TPSA) is 64.4 Å². The highest BCUT2D eigenvalue weighted by Crippen LogP contribution is 2.29. The molecule has 24 heavy (non-hydrogen) atoms. The molecule has 5 nitrogen and oxygen atoms in total. The predicted molar refractivity (Wildman–Crippen MR) is 91.3 cm³/mol. The number of hydrogen-bond acceptors (Lipinski definition) is 4. The average Bonchev–Trinajstić information content (AvgIpc) is 2.96. The first-order valence-electron chi connectivity index (χ1n) is 7.66. The van der Waals surface area contributed by atoms with Gasteiger partial charge >= 0.3 is 0 Å². The summed E-state index contributed by atoms with van der Waals surface area (Å²) in [5.41, 5.74) is 2.37. The Hall–Kier alpha value is -3.08. The highest BCUT2D eigenvalue weighted by Gasteiger charge is 2.11. The number of carbonyl (C=O) groups excluding carboxylic acids is 1. The zero-order chi connectivity index (χ0) is 16.9. The summed E-state index contributed by atoms with van der Waals surface area (Å²) in [6, 6.07) is 16.8. The van der Waals surface area contributed by atoms with E-state index >= 15 is 0 Å². The molecule has 1 heterocycles. The van der Waals surface area contributed by atoms with Gasteiger partial charge in [-0.3, -0.25) is 4.79 Å². The lowest BCUT2D eigenvalue weighted by atomic mass is 10.2. The molecule has 0 saturated heterocycles. The number of amides is 1. The molecule has 1 amide bonds. The normalized spacial score (nSPS) is 10.4. The summed E-state index contributed by atoms with van der Waals surface area (Å²) < 4.78 is 10.8. The van der Waals surface area contributed by atoms with Crippen molar-refractivity contribution in [3.8, 4) is 11.5 Å². The van der Waals surface area contributed by atoms with E-state index in [0.29, 0.717) is 22.9 Å². The number of carbonyl (C=O) groups is 1. The molecule has 0 unspecified atom stereocenters. The quantitative estimate of drug-likeness (QED) is 0.762. The monoisotopic (exact) mass is 322 g/mol. The number of anilines is 1. The number of rotatable bonds is 5. The van der Waals surface area contributed by atoms with Crippen molar-refractivity contribution in [2.24, 2.45) is 0 Å². The molecule has 3 rings (SSSR count). The van der Waals surface area contributed by atoms with Crippen LogP contribution in [0, 0.1) is 13.8 Å². The summed E-state index contributed by atoms with van der Waals surface area (Å²) in [7, 11) is 0. The molecule has 0 aliphatic rings. The Morgan fingerprint density at radius 2 is 1.88 bits per heavy atom. The van der Waals surface area contributed by atoms with Gasteiger partial charge in [-0.05, 0) is 38.1 Å². The maximum absolute atomic E-state index is 12.2. The van der Waals surface area contributed by atoms with Gasteiger partial charge in [-0.1, -0.05) is 35.0 Å². The largest absolute Gasteiger partial charge is 0.455 e. The van der Waals surface area contributed by atoms with Crippen molar-refractivity contribution in [1.29, 1.82) is 0 Å². The van der Waals surface area contributed by atoms with Crippen molar-refractivity contribution in [1.82, 2.24) is 5.16 Å². The third-order valence-electron chi connectivity index (χ3n) is 3.43. The van der Waals surface area contributed by atoms with E-state index < -0.39 is 0 Å². The summed E-state index contributed by atoms with van der Waals surface area (Å²) in [5, 5.41) is 6.68. The molecule has 0 fully saturated rings. The number of ether oxygens (including phenoxy) is 1. The Labute approximate surface area is 140 Å². The summed E-state index contributed by atoms with van der Waals surface area (Å²) in [6.45, 7) is 3.81. The maximum Gasteiger partial charge on any atom is 0.230 e. The molecule has 1 N–H and O–H groups in total. The Balaban J connectivity index is 1.71. The lowest BCUT2D eigenvalue weighted by Crippen LogP contribution is -2.15. The van der Waals surface area contributed by atoms with Crippen molar-refractivity contribution < 1.29 is 14.1 Å². The van der Waals surface area contributed by atoms with E-state index in [0.717, 1.165) is 11.3 Å².